The SMILES string of the molecule is C.C/C=C\C1=C(C)CCC(C(C)C)C1.CCCC(C)C. The van der Waals surface area contributed by atoms with Crippen molar-refractivity contribution >= 4 is 0 Å². The third-order valence-corrected chi connectivity index (χ3v) is 4.10. The predicted molar refractivity (Wildman–Crippen MR) is 96.2 cm³/mol. The molecule has 1 aliphatic rings. The fourth-order valence-corrected chi connectivity index (χ4v) is 2.68. The van der Waals surface area contributed by atoms with Crippen LogP contribution in [-0.4, -0.2) is 0 Å². The van der Waals surface area contributed by atoms with Crippen molar-refractivity contribution in [3.63, 3.8) is 0 Å². The third-order valence-electron chi connectivity index (χ3n) is 4.10. The van der Waals surface area contributed by atoms with Crippen LogP contribution in [-0.2, 0) is 0 Å². The van der Waals surface area contributed by atoms with E-state index in [4.69, 9.17) is 0 Å². The molecule has 1 unspecified atom stereocenters. The summed E-state index contributed by atoms with van der Waals surface area (Å²) in [7, 11) is 0. The Bertz CT molecular complexity index is 278. The van der Waals surface area contributed by atoms with Gasteiger partial charge in [0.25, 0.3) is 0 Å². The lowest BCUT2D eigenvalue weighted by Gasteiger charge is -2.27. The molecule has 0 N–H and O–H groups in total. The van der Waals surface area contributed by atoms with Crippen molar-refractivity contribution in [2.75, 3.05) is 0 Å². The van der Waals surface area contributed by atoms with Gasteiger partial charge in [-0.05, 0) is 56.4 Å². The normalized spacial score (nSPS) is 19.1. The van der Waals surface area contributed by atoms with Crippen LogP contribution in [0.5, 0.6) is 0 Å². The van der Waals surface area contributed by atoms with Crippen molar-refractivity contribution in [1.82, 2.24) is 0 Å². The maximum absolute atomic E-state index is 2.35. The highest BCUT2D eigenvalue weighted by atomic mass is 14.2. The Morgan fingerprint density at radius 3 is 2.15 bits per heavy atom. The molecule has 0 aromatic rings. The number of allylic oxidation sites excluding steroid dienone is 4. The van der Waals surface area contributed by atoms with E-state index in [1.54, 1.807) is 11.1 Å². The highest BCUT2D eigenvalue weighted by molar-refractivity contribution is 5.27. The van der Waals surface area contributed by atoms with Gasteiger partial charge in [0.2, 0.25) is 0 Å². The van der Waals surface area contributed by atoms with Gasteiger partial charge in [0.15, 0.2) is 0 Å². The minimum absolute atomic E-state index is 0. The fraction of sp³-hybridized carbons (Fsp3) is 0.800. The summed E-state index contributed by atoms with van der Waals surface area (Å²) in [6, 6.07) is 0. The van der Waals surface area contributed by atoms with Crippen LogP contribution >= 0.6 is 0 Å². The highest BCUT2D eigenvalue weighted by Gasteiger charge is 2.19. The second kappa shape index (κ2) is 12.2. The van der Waals surface area contributed by atoms with E-state index < -0.39 is 0 Å². The van der Waals surface area contributed by atoms with Gasteiger partial charge in [-0.2, -0.15) is 0 Å². The Hall–Kier alpha value is -0.520. The summed E-state index contributed by atoms with van der Waals surface area (Å²) in [4.78, 5) is 0. The van der Waals surface area contributed by atoms with Gasteiger partial charge >= 0.3 is 0 Å². The molecule has 0 amide bonds. The Balaban J connectivity index is 0. The highest BCUT2D eigenvalue weighted by Crippen LogP contribution is 2.34. The molecule has 0 aromatic heterocycles. The summed E-state index contributed by atoms with van der Waals surface area (Å²) in [5.41, 5.74) is 3.20. The molecule has 0 spiro atoms. The molecule has 0 bridgehead atoms. The molecule has 0 heterocycles. The fourth-order valence-electron chi connectivity index (χ4n) is 2.68. The zero-order valence-electron chi connectivity index (χ0n) is 14.4. The Labute approximate surface area is 129 Å². The van der Waals surface area contributed by atoms with Gasteiger partial charge in [-0.25, -0.2) is 0 Å². The summed E-state index contributed by atoms with van der Waals surface area (Å²) in [6.07, 6.45) is 11.2. The molecule has 0 fully saturated rings. The second-order valence-electron chi connectivity index (χ2n) is 6.73. The molecular weight excluding hydrogens is 240 g/mol. The Kier molecular flexibility index (Phi) is 13.3. The van der Waals surface area contributed by atoms with E-state index in [0.717, 1.165) is 17.8 Å². The molecule has 20 heavy (non-hydrogen) atoms. The average molecular weight is 281 g/mol. The zero-order valence-corrected chi connectivity index (χ0v) is 14.4. The first-order valence-corrected chi connectivity index (χ1v) is 8.23. The quantitative estimate of drug-likeness (QED) is 0.503. The summed E-state index contributed by atoms with van der Waals surface area (Å²) >= 11 is 0. The monoisotopic (exact) mass is 280 g/mol. The zero-order chi connectivity index (χ0) is 14.8. The smallest absolute Gasteiger partial charge is 0.0248 e. The molecule has 0 aliphatic heterocycles. The van der Waals surface area contributed by atoms with E-state index in [1.165, 1.54) is 32.1 Å². The van der Waals surface area contributed by atoms with E-state index >= 15 is 0 Å². The largest absolute Gasteiger partial charge is 0.0874 e. The van der Waals surface area contributed by atoms with E-state index in [1.807, 2.05) is 0 Å². The van der Waals surface area contributed by atoms with Gasteiger partial charge in [-0.1, -0.05) is 72.6 Å². The van der Waals surface area contributed by atoms with Crippen molar-refractivity contribution in [3.05, 3.63) is 23.3 Å². The molecule has 1 atom stereocenters. The summed E-state index contributed by atoms with van der Waals surface area (Å²) in [5.74, 6) is 2.65. The van der Waals surface area contributed by atoms with Gasteiger partial charge in [0, 0.05) is 0 Å². The molecule has 0 saturated heterocycles. The maximum Gasteiger partial charge on any atom is -0.0248 e. The maximum atomic E-state index is 2.35. The van der Waals surface area contributed by atoms with Crippen molar-refractivity contribution < 1.29 is 0 Å². The van der Waals surface area contributed by atoms with Gasteiger partial charge in [-0.3, -0.25) is 0 Å². The topological polar surface area (TPSA) is 0 Å². The molecule has 0 radical (unpaired) electrons. The minimum atomic E-state index is 0. The van der Waals surface area contributed by atoms with Crippen molar-refractivity contribution in [1.29, 1.82) is 0 Å². The second-order valence-corrected chi connectivity index (χ2v) is 6.73. The van der Waals surface area contributed by atoms with E-state index in [-0.39, 0.29) is 7.43 Å². The van der Waals surface area contributed by atoms with Crippen molar-refractivity contribution in [2.45, 2.75) is 88.0 Å². The van der Waals surface area contributed by atoms with Gasteiger partial charge in [0.1, 0.15) is 0 Å². The third kappa shape index (κ3) is 9.39. The summed E-state index contributed by atoms with van der Waals surface area (Å²) in [6.45, 7) is 15.8. The van der Waals surface area contributed by atoms with Gasteiger partial charge in [-0.15, -0.1) is 0 Å². The van der Waals surface area contributed by atoms with Crippen LogP contribution in [0.1, 0.15) is 88.0 Å². The van der Waals surface area contributed by atoms with E-state index in [9.17, 15) is 0 Å². The number of hydrogen-bond donors (Lipinski definition) is 0. The predicted octanol–water partition coefficient (Wildman–Crippen LogP) is 7.41. The van der Waals surface area contributed by atoms with Gasteiger partial charge in [0.05, 0.1) is 0 Å². The molecule has 1 aliphatic carbocycles. The minimum Gasteiger partial charge on any atom is -0.0874 e. The first-order valence-electron chi connectivity index (χ1n) is 8.23. The van der Waals surface area contributed by atoms with Crippen LogP contribution in [0.15, 0.2) is 23.3 Å². The van der Waals surface area contributed by atoms with Crippen molar-refractivity contribution in [2.24, 2.45) is 17.8 Å². The molecule has 0 aromatic carbocycles. The molecule has 0 saturated carbocycles. The molecule has 0 nitrogen and oxygen atoms in total. The van der Waals surface area contributed by atoms with Gasteiger partial charge < -0.3 is 0 Å². The average Bonchev–Trinajstić information content (AvgIpc) is 2.32. The number of rotatable bonds is 4. The molecule has 120 valence electrons. The van der Waals surface area contributed by atoms with Crippen LogP contribution in [0.4, 0.5) is 0 Å². The number of hydrogen-bond acceptors (Lipinski definition) is 0. The van der Waals surface area contributed by atoms with E-state index in [0.29, 0.717) is 0 Å². The van der Waals surface area contributed by atoms with E-state index in [2.05, 4.69) is 60.6 Å². The first kappa shape index (κ1) is 21.8. The molecule has 1 rings (SSSR count). The van der Waals surface area contributed by atoms with Crippen LogP contribution in [0, 0.1) is 17.8 Å². The summed E-state index contributed by atoms with van der Waals surface area (Å²) in [5, 5.41) is 0. The van der Waals surface area contributed by atoms with Crippen LogP contribution in [0.3, 0.4) is 0 Å². The molecule has 0 heteroatoms. The van der Waals surface area contributed by atoms with Crippen LogP contribution < -0.4 is 0 Å². The lowest BCUT2D eigenvalue weighted by molar-refractivity contribution is 0.344. The van der Waals surface area contributed by atoms with Crippen LogP contribution in [0.2, 0.25) is 0 Å². The van der Waals surface area contributed by atoms with Crippen molar-refractivity contribution in [3.8, 4) is 0 Å². The lowest BCUT2D eigenvalue weighted by Crippen LogP contribution is -2.14. The molecular formula is C20H40. The standard InChI is InChI=1S/C13H22.C6H14.CH4/c1-5-6-13-9-12(10(2)3)8-7-11(13)4;1-4-5-6(2)3;/h5-6,10,12H,7-9H2,1-4H3;6H,4-5H2,1-3H3;1H4/b6-5-;;. The van der Waals surface area contributed by atoms with Crippen LogP contribution in [0.25, 0.3) is 0 Å². The summed E-state index contributed by atoms with van der Waals surface area (Å²) < 4.78 is 0. The lowest BCUT2D eigenvalue weighted by atomic mass is 9.78. The Morgan fingerprint density at radius 1 is 1.20 bits per heavy atom. The first-order chi connectivity index (χ1) is 8.92. The Morgan fingerprint density at radius 2 is 1.80 bits per heavy atom.